The van der Waals surface area contributed by atoms with Gasteiger partial charge in [-0.3, -0.25) is 9.59 Å². The number of carbonyl (C=O) groups excluding carboxylic acids is 1. The van der Waals surface area contributed by atoms with Crippen molar-refractivity contribution in [1.82, 2.24) is 4.90 Å². The number of hydrogen-bond donors (Lipinski definition) is 1. The van der Waals surface area contributed by atoms with Crippen LogP contribution in [0.4, 0.5) is 0 Å². The van der Waals surface area contributed by atoms with E-state index in [4.69, 9.17) is 14.6 Å². The number of nitrogens with zero attached hydrogens (tertiary/aromatic N) is 1. The highest BCUT2D eigenvalue weighted by Crippen LogP contribution is 2.15. The monoisotopic (exact) mass is 309 g/mol. The standard InChI is InChI=1S/C16H23NO5/c1-12(2)17(11-15(18)19)16(20)13-5-7-14(8-6-13)22-10-4-9-21-3/h5-8,12H,4,9-11H2,1-3H3,(H,18,19). The molecule has 22 heavy (non-hydrogen) atoms. The van der Waals surface area contributed by atoms with Crippen LogP contribution in [0.2, 0.25) is 0 Å². The van der Waals surface area contributed by atoms with Gasteiger partial charge in [0, 0.05) is 31.7 Å². The number of benzene rings is 1. The second-order valence-corrected chi connectivity index (χ2v) is 5.14. The molecule has 0 spiro atoms. The van der Waals surface area contributed by atoms with Crippen LogP contribution in [0.3, 0.4) is 0 Å². The molecule has 1 N–H and O–H groups in total. The van der Waals surface area contributed by atoms with Gasteiger partial charge in [-0.15, -0.1) is 0 Å². The lowest BCUT2D eigenvalue weighted by Gasteiger charge is -2.25. The summed E-state index contributed by atoms with van der Waals surface area (Å²) in [5.41, 5.74) is 0.444. The maximum absolute atomic E-state index is 12.3. The van der Waals surface area contributed by atoms with Crippen LogP contribution >= 0.6 is 0 Å². The molecule has 0 saturated heterocycles. The van der Waals surface area contributed by atoms with Crippen molar-refractivity contribution in [3.05, 3.63) is 29.8 Å². The highest BCUT2D eigenvalue weighted by atomic mass is 16.5. The van der Waals surface area contributed by atoms with Gasteiger partial charge in [-0.05, 0) is 38.1 Å². The molecular weight excluding hydrogens is 286 g/mol. The average molecular weight is 309 g/mol. The lowest BCUT2D eigenvalue weighted by molar-refractivity contribution is -0.138. The van der Waals surface area contributed by atoms with Crippen LogP contribution in [0.1, 0.15) is 30.6 Å². The van der Waals surface area contributed by atoms with E-state index in [0.29, 0.717) is 24.5 Å². The summed E-state index contributed by atoms with van der Waals surface area (Å²) in [5.74, 6) is -0.662. The molecule has 0 unspecified atom stereocenters. The van der Waals surface area contributed by atoms with Crippen LogP contribution in [-0.2, 0) is 9.53 Å². The highest BCUT2D eigenvalue weighted by molar-refractivity contribution is 5.96. The first-order valence-electron chi connectivity index (χ1n) is 7.20. The maximum atomic E-state index is 12.3. The van der Waals surface area contributed by atoms with Crippen molar-refractivity contribution in [2.45, 2.75) is 26.3 Å². The smallest absolute Gasteiger partial charge is 0.323 e. The van der Waals surface area contributed by atoms with Gasteiger partial charge in [-0.2, -0.15) is 0 Å². The minimum absolute atomic E-state index is 0.187. The summed E-state index contributed by atoms with van der Waals surface area (Å²) in [7, 11) is 1.64. The predicted molar refractivity (Wildman–Crippen MR) is 82.2 cm³/mol. The zero-order valence-corrected chi connectivity index (χ0v) is 13.2. The number of methoxy groups -OCH3 is 1. The molecule has 6 heteroatoms. The molecule has 1 aromatic carbocycles. The second kappa shape index (κ2) is 9.04. The number of carboxylic acids is 1. The fraction of sp³-hybridized carbons (Fsp3) is 0.500. The minimum Gasteiger partial charge on any atom is -0.494 e. The lowest BCUT2D eigenvalue weighted by Crippen LogP contribution is -2.40. The van der Waals surface area contributed by atoms with Crippen LogP contribution in [-0.4, -0.2) is 54.8 Å². The number of ether oxygens (including phenoxy) is 2. The van der Waals surface area contributed by atoms with E-state index in [0.717, 1.165) is 6.42 Å². The van der Waals surface area contributed by atoms with Crippen molar-refractivity contribution in [2.75, 3.05) is 26.9 Å². The summed E-state index contributed by atoms with van der Waals surface area (Å²) in [6.07, 6.45) is 0.789. The first-order valence-corrected chi connectivity index (χ1v) is 7.20. The summed E-state index contributed by atoms with van der Waals surface area (Å²) < 4.78 is 10.4. The Balaban J connectivity index is 2.67. The molecule has 1 rings (SSSR count). The maximum Gasteiger partial charge on any atom is 0.323 e. The van der Waals surface area contributed by atoms with Gasteiger partial charge in [0.2, 0.25) is 0 Å². The third-order valence-corrected chi connectivity index (χ3v) is 3.05. The molecule has 6 nitrogen and oxygen atoms in total. The Labute approximate surface area is 130 Å². The van der Waals surface area contributed by atoms with Gasteiger partial charge < -0.3 is 19.5 Å². The third-order valence-electron chi connectivity index (χ3n) is 3.05. The normalized spacial score (nSPS) is 10.5. The van der Waals surface area contributed by atoms with Crippen molar-refractivity contribution >= 4 is 11.9 Å². The van der Waals surface area contributed by atoms with Gasteiger partial charge in [-0.25, -0.2) is 0 Å². The Morgan fingerprint density at radius 2 is 1.82 bits per heavy atom. The van der Waals surface area contributed by atoms with Crippen molar-refractivity contribution in [2.24, 2.45) is 0 Å². The van der Waals surface area contributed by atoms with Crippen LogP contribution in [0.25, 0.3) is 0 Å². The zero-order valence-electron chi connectivity index (χ0n) is 13.2. The summed E-state index contributed by atoms with van der Waals surface area (Å²) in [6.45, 7) is 4.43. The van der Waals surface area contributed by atoms with E-state index < -0.39 is 5.97 Å². The van der Waals surface area contributed by atoms with E-state index in [1.807, 2.05) is 0 Å². The molecule has 0 saturated carbocycles. The number of rotatable bonds is 9. The van der Waals surface area contributed by atoms with Crippen LogP contribution in [0, 0.1) is 0 Å². The SMILES string of the molecule is COCCCOc1ccc(C(=O)N(CC(=O)O)C(C)C)cc1. The third kappa shape index (κ3) is 5.73. The van der Waals surface area contributed by atoms with Crippen molar-refractivity contribution < 1.29 is 24.2 Å². The Morgan fingerprint density at radius 1 is 1.18 bits per heavy atom. The molecule has 0 aliphatic carbocycles. The van der Waals surface area contributed by atoms with E-state index in [9.17, 15) is 9.59 Å². The molecule has 1 aromatic rings. The van der Waals surface area contributed by atoms with Crippen LogP contribution in [0.5, 0.6) is 5.75 Å². The van der Waals surface area contributed by atoms with Crippen LogP contribution < -0.4 is 4.74 Å². The molecule has 0 radical (unpaired) electrons. The number of aliphatic carboxylic acids is 1. The van der Waals surface area contributed by atoms with Gasteiger partial charge in [0.05, 0.1) is 6.61 Å². The Hall–Kier alpha value is -2.08. The summed E-state index contributed by atoms with van der Waals surface area (Å²) in [4.78, 5) is 24.5. The Kier molecular flexibility index (Phi) is 7.39. The Morgan fingerprint density at radius 3 is 2.32 bits per heavy atom. The largest absolute Gasteiger partial charge is 0.494 e. The number of carbonyl (C=O) groups is 2. The van der Waals surface area contributed by atoms with Crippen LogP contribution in [0.15, 0.2) is 24.3 Å². The molecular formula is C16H23NO5. The van der Waals surface area contributed by atoms with Gasteiger partial charge in [0.1, 0.15) is 12.3 Å². The predicted octanol–water partition coefficient (Wildman–Crippen LogP) is 2.04. The van der Waals surface area contributed by atoms with Gasteiger partial charge in [0.25, 0.3) is 5.91 Å². The molecule has 0 atom stereocenters. The molecule has 0 bridgehead atoms. The zero-order chi connectivity index (χ0) is 16.5. The molecule has 0 aromatic heterocycles. The summed E-state index contributed by atoms with van der Waals surface area (Å²) in [5, 5.41) is 8.89. The van der Waals surface area contributed by atoms with E-state index in [1.54, 1.807) is 45.2 Å². The quantitative estimate of drug-likeness (QED) is 0.706. The first kappa shape index (κ1) is 18.0. The molecule has 0 aliphatic rings. The van der Waals surface area contributed by atoms with Crippen molar-refractivity contribution in [1.29, 1.82) is 0 Å². The first-order chi connectivity index (χ1) is 10.5. The molecule has 0 fully saturated rings. The lowest BCUT2D eigenvalue weighted by atomic mass is 10.1. The fourth-order valence-electron chi connectivity index (χ4n) is 1.89. The van der Waals surface area contributed by atoms with Gasteiger partial charge in [-0.1, -0.05) is 0 Å². The molecule has 122 valence electrons. The molecule has 0 aliphatic heterocycles. The van der Waals surface area contributed by atoms with Gasteiger partial charge in [0.15, 0.2) is 0 Å². The Bertz CT molecular complexity index is 484. The number of carboxylic acid groups (broad SMARTS) is 1. The summed E-state index contributed by atoms with van der Waals surface area (Å²) in [6, 6.07) is 6.52. The van der Waals surface area contributed by atoms with Gasteiger partial charge >= 0.3 is 5.97 Å². The highest BCUT2D eigenvalue weighted by Gasteiger charge is 2.21. The molecule has 1 amide bonds. The average Bonchev–Trinajstić information content (AvgIpc) is 2.49. The van der Waals surface area contributed by atoms with E-state index in [-0.39, 0.29) is 18.5 Å². The van der Waals surface area contributed by atoms with Crippen molar-refractivity contribution in [3.63, 3.8) is 0 Å². The van der Waals surface area contributed by atoms with Crippen molar-refractivity contribution in [3.8, 4) is 5.75 Å². The fourth-order valence-corrected chi connectivity index (χ4v) is 1.89. The minimum atomic E-state index is -1.03. The van der Waals surface area contributed by atoms with E-state index in [2.05, 4.69) is 0 Å². The summed E-state index contributed by atoms with van der Waals surface area (Å²) >= 11 is 0. The van der Waals surface area contributed by atoms with E-state index >= 15 is 0 Å². The molecule has 0 heterocycles. The van der Waals surface area contributed by atoms with E-state index in [1.165, 1.54) is 4.90 Å². The number of hydrogen-bond acceptors (Lipinski definition) is 4. The second-order valence-electron chi connectivity index (χ2n) is 5.14. The topological polar surface area (TPSA) is 76.1 Å². The number of amides is 1.